The molecule has 2 heterocycles. The fourth-order valence-corrected chi connectivity index (χ4v) is 2.48. The Morgan fingerprint density at radius 1 is 1.35 bits per heavy atom. The molecular weight excluding hydrogens is 280 g/mol. The molecule has 0 saturated heterocycles. The van der Waals surface area contributed by atoms with Crippen LogP contribution in [0.3, 0.4) is 0 Å². The molecule has 0 saturated carbocycles. The largest absolute Gasteiger partial charge is 0.382 e. The average Bonchev–Trinajstić information content (AvgIpc) is 2.82. The minimum absolute atomic E-state index is 0.528. The molecule has 0 aliphatic carbocycles. The molecule has 17 heavy (non-hydrogen) atoms. The van der Waals surface area contributed by atoms with E-state index in [-0.39, 0.29) is 0 Å². The number of aromatic amines is 1. The lowest BCUT2D eigenvalue weighted by molar-refractivity contribution is 0.778. The summed E-state index contributed by atoms with van der Waals surface area (Å²) in [7, 11) is 1.88. The van der Waals surface area contributed by atoms with Crippen LogP contribution in [0.15, 0.2) is 34.8 Å². The minimum Gasteiger partial charge on any atom is -0.382 e. The first-order valence-corrected chi connectivity index (χ1v) is 6.01. The summed E-state index contributed by atoms with van der Waals surface area (Å²) in [5, 5.41) is 5.30. The lowest BCUT2D eigenvalue weighted by atomic mass is 10.2. The molecule has 2 aromatic heterocycles. The highest BCUT2D eigenvalue weighted by atomic mass is 79.9. The molecule has 0 amide bonds. The number of hydrogen-bond donors (Lipinski definition) is 2. The Hall–Kier alpha value is -1.75. The summed E-state index contributed by atoms with van der Waals surface area (Å²) in [6, 6.07) is 10.0. The Kier molecular flexibility index (Phi) is 2.22. The third kappa shape index (κ3) is 1.63. The molecule has 86 valence electrons. The summed E-state index contributed by atoms with van der Waals surface area (Å²) in [5.41, 5.74) is 8.77. The molecule has 1 aromatic carbocycles. The van der Waals surface area contributed by atoms with Gasteiger partial charge in [-0.05, 0) is 18.2 Å². The number of nitrogens with two attached hydrogens (primary N) is 1. The first kappa shape index (κ1) is 10.4. The number of aryl methyl sites for hydroxylation is 1. The van der Waals surface area contributed by atoms with Crippen molar-refractivity contribution in [1.29, 1.82) is 0 Å². The topological polar surface area (TPSA) is 59.6 Å². The highest BCUT2D eigenvalue weighted by Crippen LogP contribution is 2.29. The van der Waals surface area contributed by atoms with Crippen LogP contribution < -0.4 is 5.73 Å². The average molecular weight is 291 g/mol. The summed E-state index contributed by atoms with van der Waals surface area (Å²) in [6.07, 6.45) is 0. The summed E-state index contributed by atoms with van der Waals surface area (Å²) < 4.78 is 2.85. The molecule has 0 radical (unpaired) electrons. The van der Waals surface area contributed by atoms with Gasteiger partial charge in [0.1, 0.15) is 5.82 Å². The molecule has 3 rings (SSSR count). The number of H-pyrrole nitrogens is 1. The Morgan fingerprint density at radius 3 is 2.82 bits per heavy atom. The Labute approximate surface area is 107 Å². The number of rotatable bonds is 1. The predicted octanol–water partition coefficient (Wildman–Crippen LogP) is 2.91. The van der Waals surface area contributed by atoms with E-state index < -0.39 is 0 Å². The van der Waals surface area contributed by atoms with Gasteiger partial charge >= 0.3 is 0 Å². The third-order valence-electron chi connectivity index (χ3n) is 2.79. The van der Waals surface area contributed by atoms with Crippen LogP contribution in [0.5, 0.6) is 0 Å². The molecule has 0 aliphatic heterocycles. The van der Waals surface area contributed by atoms with Crippen molar-refractivity contribution in [2.75, 3.05) is 5.73 Å². The number of fused-ring (bicyclic) bond motifs is 1. The number of nitrogens with zero attached hydrogens (tertiary/aromatic N) is 2. The highest BCUT2D eigenvalue weighted by molar-refractivity contribution is 9.10. The zero-order chi connectivity index (χ0) is 12.0. The molecule has 0 atom stereocenters. The number of aromatic nitrogens is 3. The molecule has 0 unspecified atom stereocenters. The number of halogens is 1. The fraction of sp³-hybridized carbons (Fsp3) is 0.0833. The van der Waals surface area contributed by atoms with Gasteiger partial charge in [0, 0.05) is 28.5 Å². The number of nitrogens with one attached hydrogen (secondary N) is 1. The second kappa shape index (κ2) is 3.63. The molecule has 4 nitrogen and oxygen atoms in total. The smallest absolute Gasteiger partial charge is 0.146 e. The first-order chi connectivity index (χ1) is 8.15. The van der Waals surface area contributed by atoms with E-state index in [4.69, 9.17) is 5.73 Å². The van der Waals surface area contributed by atoms with Crippen molar-refractivity contribution in [3.8, 4) is 11.4 Å². The zero-order valence-corrected chi connectivity index (χ0v) is 10.8. The van der Waals surface area contributed by atoms with Crippen molar-refractivity contribution in [3.05, 3.63) is 34.8 Å². The second-order valence-electron chi connectivity index (χ2n) is 3.96. The molecule has 0 spiro atoms. The Morgan fingerprint density at radius 2 is 2.18 bits per heavy atom. The standard InChI is InChI=1S/C12H11BrN4/c1-17-11(6-12(14)16-17)10-5-7-8(13)3-2-4-9(7)15-10/h2-6,15H,1H3,(H2,14,16). The van der Waals surface area contributed by atoms with Crippen LogP contribution in [0.2, 0.25) is 0 Å². The Bertz CT molecular complexity index is 696. The van der Waals surface area contributed by atoms with Gasteiger partial charge in [0.2, 0.25) is 0 Å². The predicted molar refractivity (Wildman–Crippen MR) is 72.6 cm³/mol. The highest BCUT2D eigenvalue weighted by Gasteiger charge is 2.09. The molecule has 0 aliphatic rings. The maximum absolute atomic E-state index is 5.69. The van der Waals surface area contributed by atoms with E-state index in [1.54, 1.807) is 4.68 Å². The van der Waals surface area contributed by atoms with Crippen LogP contribution in [0.25, 0.3) is 22.3 Å². The number of anilines is 1. The minimum atomic E-state index is 0.528. The lowest BCUT2D eigenvalue weighted by Crippen LogP contribution is -1.94. The van der Waals surface area contributed by atoms with Crippen LogP contribution in [0.4, 0.5) is 5.82 Å². The summed E-state index contributed by atoms with van der Waals surface area (Å²) >= 11 is 3.54. The van der Waals surface area contributed by atoms with E-state index >= 15 is 0 Å². The molecule has 0 fully saturated rings. The van der Waals surface area contributed by atoms with E-state index in [9.17, 15) is 0 Å². The van der Waals surface area contributed by atoms with Gasteiger partial charge in [0.05, 0.1) is 11.4 Å². The number of benzene rings is 1. The summed E-state index contributed by atoms with van der Waals surface area (Å²) in [6.45, 7) is 0. The van der Waals surface area contributed by atoms with E-state index in [2.05, 4.69) is 32.1 Å². The van der Waals surface area contributed by atoms with E-state index in [0.717, 1.165) is 26.8 Å². The molecule has 3 N–H and O–H groups in total. The Balaban J connectivity index is 2.25. The van der Waals surface area contributed by atoms with Crippen LogP contribution in [-0.4, -0.2) is 14.8 Å². The van der Waals surface area contributed by atoms with Crippen molar-refractivity contribution >= 4 is 32.7 Å². The fourth-order valence-electron chi connectivity index (χ4n) is 2.00. The molecule has 3 aromatic rings. The number of nitrogen functional groups attached to an aromatic ring is 1. The summed E-state index contributed by atoms with van der Waals surface area (Å²) in [4.78, 5) is 3.36. The summed E-state index contributed by atoms with van der Waals surface area (Å²) in [5.74, 6) is 0.528. The van der Waals surface area contributed by atoms with E-state index in [1.165, 1.54) is 0 Å². The van der Waals surface area contributed by atoms with Crippen LogP contribution >= 0.6 is 15.9 Å². The quantitative estimate of drug-likeness (QED) is 0.724. The van der Waals surface area contributed by atoms with Crippen molar-refractivity contribution in [2.45, 2.75) is 0 Å². The third-order valence-corrected chi connectivity index (χ3v) is 3.48. The van der Waals surface area contributed by atoms with E-state index in [1.807, 2.05) is 31.3 Å². The van der Waals surface area contributed by atoms with Gasteiger partial charge in [0.15, 0.2) is 0 Å². The van der Waals surface area contributed by atoms with Gasteiger partial charge in [-0.1, -0.05) is 22.0 Å². The van der Waals surface area contributed by atoms with Crippen LogP contribution in [0.1, 0.15) is 0 Å². The van der Waals surface area contributed by atoms with Gasteiger partial charge in [0.25, 0.3) is 0 Å². The van der Waals surface area contributed by atoms with E-state index in [0.29, 0.717) is 5.82 Å². The maximum Gasteiger partial charge on any atom is 0.146 e. The van der Waals surface area contributed by atoms with Crippen molar-refractivity contribution < 1.29 is 0 Å². The molecule has 0 bridgehead atoms. The lowest BCUT2D eigenvalue weighted by Gasteiger charge is -1.96. The second-order valence-corrected chi connectivity index (χ2v) is 4.82. The normalized spacial score (nSPS) is 11.2. The molecule has 5 heteroatoms. The monoisotopic (exact) mass is 290 g/mol. The van der Waals surface area contributed by atoms with Crippen molar-refractivity contribution in [3.63, 3.8) is 0 Å². The van der Waals surface area contributed by atoms with Crippen LogP contribution in [0, 0.1) is 0 Å². The molecular formula is C12H11BrN4. The first-order valence-electron chi connectivity index (χ1n) is 5.22. The van der Waals surface area contributed by atoms with Gasteiger partial charge in [-0.25, -0.2) is 0 Å². The van der Waals surface area contributed by atoms with Crippen LogP contribution in [-0.2, 0) is 7.05 Å². The van der Waals surface area contributed by atoms with Crippen molar-refractivity contribution in [1.82, 2.24) is 14.8 Å². The zero-order valence-electron chi connectivity index (χ0n) is 9.24. The van der Waals surface area contributed by atoms with Gasteiger partial charge < -0.3 is 10.7 Å². The van der Waals surface area contributed by atoms with Gasteiger partial charge in [-0.15, -0.1) is 0 Å². The maximum atomic E-state index is 5.69. The van der Waals surface area contributed by atoms with Gasteiger partial charge in [-0.2, -0.15) is 5.10 Å². The number of hydrogen-bond acceptors (Lipinski definition) is 2. The SMILES string of the molecule is Cn1nc(N)cc1-c1cc2c(Br)cccc2[nH]1. The van der Waals surface area contributed by atoms with Crippen molar-refractivity contribution in [2.24, 2.45) is 7.05 Å². The van der Waals surface area contributed by atoms with Gasteiger partial charge in [-0.3, -0.25) is 4.68 Å².